The molecule has 0 aliphatic carbocycles. The molecular formula is C20H17ClN2O3S. The smallest absolute Gasteiger partial charge is 0.265 e. The van der Waals surface area contributed by atoms with Gasteiger partial charge in [0.25, 0.3) is 11.8 Å². The molecular weight excluding hydrogens is 384 g/mol. The van der Waals surface area contributed by atoms with Crippen LogP contribution in [0.4, 0.5) is 11.4 Å². The molecule has 0 spiro atoms. The molecule has 0 fully saturated rings. The van der Waals surface area contributed by atoms with Crippen molar-refractivity contribution in [3.8, 4) is 5.75 Å². The highest BCUT2D eigenvalue weighted by molar-refractivity contribution is 7.12. The van der Waals surface area contributed by atoms with Gasteiger partial charge in [0.2, 0.25) is 0 Å². The van der Waals surface area contributed by atoms with Crippen molar-refractivity contribution in [2.24, 2.45) is 0 Å². The number of rotatable bonds is 6. The second-order valence-electron chi connectivity index (χ2n) is 5.54. The molecule has 1 heterocycles. The molecule has 0 aliphatic rings. The summed E-state index contributed by atoms with van der Waals surface area (Å²) in [5.41, 5.74) is 1.57. The van der Waals surface area contributed by atoms with E-state index in [4.69, 9.17) is 16.3 Å². The Hall–Kier alpha value is -2.83. The molecule has 2 N–H and O–H groups in total. The van der Waals surface area contributed by atoms with Crippen molar-refractivity contribution in [1.82, 2.24) is 0 Å². The van der Waals surface area contributed by atoms with E-state index in [-0.39, 0.29) is 11.8 Å². The first-order valence-corrected chi connectivity index (χ1v) is 9.51. The minimum Gasteiger partial charge on any atom is -0.492 e. The van der Waals surface area contributed by atoms with Crippen LogP contribution in [-0.4, -0.2) is 18.4 Å². The van der Waals surface area contributed by atoms with E-state index >= 15 is 0 Å². The third kappa shape index (κ3) is 4.87. The number of carbonyl (C=O) groups is 2. The van der Waals surface area contributed by atoms with Crippen molar-refractivity contribution in [1.29, 1.82) is 0 Å². The minimum atomic E-state index is -0.304. The van der Waals surface area contributed by atoms with E-state index < -0.39 is 0 Å². The van der Waals surface area contributed by atoms with E-state index in [1.165, 1.54) is 11.3 Å². The number of nitrogens with one attached hydrogen (secondary N) is 2. The fourth-order valence-corrected chi connectivity index (χ4v) is 3.25. The van der Waals surface area contributed by atoms with Gasteiger partial charge in [-0.25, -0.2) is 0 Å². The summed E-state index contributed by atoms with van der Waals surface area (Å²) in [4.78, 5) is 25.2. The monoisotopic (exact) mass is 400 g/mol. The number of thiophene rings is 1. The van der Waals surface area contributed by atoms with E-state index in [1.54, 1.807) is 48.5 Å². The average molecular weight is 401 g/mol. The van der Waals surface area contributed by atoms with Gasteiger partial charge in [-0.2, -0.15) is 0 Å². The number of benzene rings is 2. The molecule has 0 saturated carbocycles. The molecule has 138 valence electrons. The predicted molar refractivity (Wildman–Crippen MR) is 109 cm³/mol. The zero-order valence-electron chi connectivity index (χ0n) is 14.5. The van der Waals surface area contributed by atoms with Crippen LogP contribution in [-0.2, 0) is 0 Å². The summed E-state index contributed by atoms with van der Waals surface area (Å²) >= 11 is 7.50. The predicted octanol–water partition coefficient (Wildman–Crippen LogP) is 5.30. The van der Waals surface area contributed by atoms with Gasteiger partial charge in [0.15, 0.2) is 0 Å². The molecule has 0 radical (unpaired) electrons. The summed E-state index contributed by atoms with van der Waals surface area (Å²) in [6, 6.07) is 15.4. The highest BCUT2D eigenvalue weighted by atomic mass is 35.5. The first kappa shape index (κ1) is 18.9. The summed E-state index contributed by atoms with van der Waals surface area (Å²) in [6.45, 7) is 2.36. The molecule has 0 unspecified atom stereocenters. The van der Waals surface area contributed by atoms with E-state index in [1.807, 2.05) is 18.4 Å². The standard InChI is InChI=1S/C20H17ClN2O3S/c1-2-26-17-9-8-13(11-16(17)21)19(24)22-14-5-3-6-15(12-14)23-20(25)18-7-4-10-27-18/h3-12H,2H2,1H3,(H,22,24)(H,23,25). The van der Waals surface area contributed by atoms with Gasteiger partial charge in [-0.15, -0.1) is 11.3 Å². The molecule has 2 amide bonds. The van der Waals surface area contributed by atoms with Gasteiger partial charge in [-0.3, -0.25) is 9.59 Å². The minimum absolute atomic E-state index is 0.188. The molecule has 0 atom stereocenters. The maximum atomic E-state index is 12.5. The number of amides is 2. The Morgan fingerprint density at radius 3 is 2.37 bits per heavy atom. The largest absolute Gasteiger partial charge is 0.492 e. The second kappa shape index (κ2) is 8.70. The lowest BCUT2D eigenvalue weighted by molar-refractivity contribution is 0.102. The van der Waals surface area contributed by atoms with E-state index in [2.05, 4.69) is 10.6 Å². The molecule has 5 nitrogen and oxygen atoms in total. The molecule has 0 bridgehead atoms. The Balaban J connectivity index is 1.69. The molecule has 27 heavy (non-hydrogen) atoms. The Bertz CT molecular complexity index is 958. The van der Waals surface area contributed by atoms with Gasteiger partial charge in [0, 0.05) is 16.9 Å². The van der Waals surface area contributed by atoms with E-state index in [0.29, 0.717) is 39.2 Å². The van der Waals surface area contributed by atoms with Crippen LogP contribution < -0.4 is 15.4 Å². The number of ether oxygens (including phenoxy) is 1. The average Bonchev–Trinajstić information content (AvgIpc) is 3.19. The zero-order chi connectivity index (χ0) is 19.2. The molecule has 0 aliphatic heterocycles. The Kier molecular flexibility index (Phi) is 6.11. The SMILES string of the molecule is CCOc1ccc(C(=O)Nc2cccc(NC(=O)c3cccs3)c2)cc1Cl. The first-order chi connectivity index (χ1) is 13.1. The van der Waals surface area contributed by atoms with Crippen LogP contribution in [0, 0.1) is 0 Å². The van der Waals surface area contributed by atoms with Gasteiger partial charge in [-0.1, -0.05) is 23.7 Å². The summed E-state index contributed by atoms with van der Waals surface area (Å²) in [5, 5.41) is 7.83. The van der Waals surface area contributed by atoms with Gasteiger partial charge < -0.3 is 15.4 Å². The highest BCUT2D eigenvalue weighted by Crippen LogP contribution is 2.26. The first-order valence-electron chi connectivity index (χ1n) is 8.25. The van der Waals surface area contributed by atoms with Crippen LogP contribution in [0.3, 0.4) is 0 Å². The van der Waals surface area contributed by atoms with Crippen LogP contribution in [0.25, 0.3) is 0 Å². The second-order valence-corrected chi connectivity index (χ2v) is 6.90. The lowest BCUT2D eigenvalue weighted by Crippen LogP contribution is -2.13. The summed E-state index contributed by atoms with van der Waals surface area (Å²) in [7, 11) is 0. The molecule has 0 saturated heterocycles. The highest BCUT2D eigenvalue weighted by Gasteiger charge is 2.11. The fraction of sp³-hybridized carbons (Fsp3) is 0.100. The summed E-state index contributed by atoms with van der Waals surface area (Å²) < 4.78 is 5.37. The number of hydrogen-bond acceptors (Lipinski definition) is 4. The summed E-state index contributed by atoms with van der Waals surface area (Å²) in [5.74, 6) is 0.0439. The van der Waals surface area contributed by atoms with Gasteiger partial charge in [0.05, 0.1) is 16.5 Å². The van der Waals surface area contributed by atoms with Crippen LogP contribution in [0.1, 0.15) is 27.0 Å². The quantitative estimate of drug-likeness (QED) is 0.589. The van der Waals surface area contributed by atoms with Gasteiger partial charge in [0.1, 0.15) is 5.75 Å². The fourth-order valence-electron chi connectivity index (χ4n) is 2.39. The number of anilines is 2. The Morgan fingerprint density at radius 1 is 1.00 bits per heavy atom. The zero-order valence-corrected chi connectivity index (χ0v) is 16.1. The molecule has 7 heteroatoms. The number of hydrogen-bond donors (Lipinski definition) is 2. The van der Waals surface area contributed by atoms with Gasteiger partial charge >= 0.3 is 0 Å². The number of carbonyl (C=O) groups excluding carboxylic acids is 2. The van der Waals surface area contributed by atoms with Crippen molar-refractivity contribution in [2.75, 3.05) is 17.2 Å². The van der Waals surface area contributed by atoms with Crippen LogP contribution >= 0.6 is 22.9 Å². The van der Waals surface area contributed by atoms with Crippen LogP contribution in [0.2, 0.25) is 5.02 Å². The molecule has 2 aromatic carbocycles. The van der Waals surface area contributed by atoms with Crippen molar-refractivity contribution in [2.45, 2.75) is 6.92 Å². The molecule has 3 aromatic rings. The number of halogens is 1. The topological polar surface area (TPSA) is 67.4 Å². The molecule has 3 rings (SSSR count). The van der Waals surface area contributed by atoms with Crippen molar-refractivity contribution >= 4 is 46.1 Å². The van der Waals surface area contributed by atoms with Crippen molar-refractivity contribution < 1.29 is 14.3 Å². The van der Waals surface area contributed by atoms with Crippen molar-refractivity contribution in [3.63, 3.8) is 0 Å². The lowest BCUT2D eigenvalue weighted by atomic mass is 10.2. The maximum absolute atomic E-state index is 12.5. The normalized spacial score (nSPS) is 10.3. The van der Waals surface area contributed by atoms with Crippen LogP contribution in [0.5, 0.6) is 5.75 Å². The third-order valence-electron chi connectivity index (χ3n) is 3.62. The summed E-state index contributed by atoms with van der Waals surface area (Å²) in [6.07, 6.45) is 0. The molecule has 1 aromatic heterocycles. The van der Waals surface area contributed by atoms with Crippen molar-refractivity contribution in [3.05, 3.63) is 75.4 Å². The Labute approximate surface area is 165 Å². The van der Waals surface area contributed by atoms with E-state index in [9.17, 15) is 9.59 Å². The lowest BCUT2D eigenvalue weighted by Gasteiger charge is -2.10. The maximum Gasteiger partial charge on any atom is 0.265 e. The van der Waals surface area contributed by atoms with Crippen LogP contribution in [0.15, 0.2) is 60.0 Å². The third-order valence-corrected chi connectivity index (χ3v) is 4.78. The van der Waals surface area contributed by atoms with Gasteiger partial charge in [-0.05, 0) is 54.8 Å². The van der Waals surface area contributed by atoms with E-state index in [0.717, 1.165) is 0 Å². The Morgan fingerprint density at radius 2 is 1.74 bits per heavy atom.